The highest BCUT2D eigenvalue weighted by atomic mass is 35.5. The highest BCUT2D eigenvalue weighted by Crippen LogP contribution is 2.41. The van der Waals surface area contributed by atoms with E-state index in [1.807, 2.05) is 18.2 Å². The summed E-state index contributed by atoms with van der Waals surface area (Å²) in [6, 6.07) is 19.5. The minimum Gasteiger partial charge on any atom is -0.328 e. The van der Waals surface area contributed by atoms with E-state index in [-0.39, 0.29) is 22.4 Å². The molecule has 0 aliphatic carbocycles. The van der Waals surface area contributed by atoms with Crippen LogP contribution in [0.15, 0.2) is 84.1 Å². The number of allylic oxidation sites excluding steroid dienone is 1. The van der Waals surface area contributed by atoms with Gasteiger partial charge in [-0.05, 0) is 25.1 Å². The quantitative estimate of drug-likeness (QED) is 0.243. The summed E-state index contributed by atoms with van der Waals surface area (Å²) in [6.07, 6.45) is 0. The first-order valence-electron chi connectivity index (χ1n) is 10.8. The molecule has 1 aromatic heterocycles. The molecule has 3 aromatic carbocycles. The summed E-state index contributed by atoms with van der Waals surface area (Å²) in [5.41, 5.74) is 2.47. The lowest BCUT2D eigenvalue weighted by Crippen LogP contribution is -2.31. The van der Waals surface area contributed by atoms with Gasteiger partial charge in [0.05, 0.1) is 20.5 Å². The number of aromatic nitrogens is 3. The summed E-state index contributed by atoms with van der Waals surface area (Å²) in [5, 5.41) is 22.6. The van der Waals surface area contributed by atoms with E-state index in [2.05, 4.69) is 20.7 Å². The number of carbonyl (C=O) groups is 1. The van der Waals surface area contributed by atoms with E-state index >= 15 is 0 Å². The highest BCUT2D eigenvalue weighted by molar-refractivity contribution is 6.42. The van der Waals surface area contributed by atoms with Crippen LogP contribution in [-0.2, 0) is 4.79 Å². The lowest BCUT2D eigenvalue weighted by Gasteiger charge is -2.29. The minimum atomic E-state index is -0.767. The normalized spacial score (nSPS) is 14.7. The number of anilines is 2. The van der Waals surface area contributed by atoms with Crippen molar-refractivity contribution in [1.29, 1.82) is 0 Å². The molecule has 0 saturated carbocycles. The zero-order valence-corrected chi connectivity index (χ0v) is 20.3. The molecule has 0 fully saturated rings. The lowest BCUT2D eigenvalue weighted by molar-refractivity contribution is -0.384. The molecular formula is C25H18Cl2N6O3. The van der Waals surface area contributed by atoms with Crippen molar-refractivity contribution in [2.24, 2.45) is 0 Å². The molecule has 2 N–H and O–H groups in total. The number of nitro benzene ring substituents is 1. The minimum absolute atomic E-state index is 0.0834. The number of nitrogens with one attached hydrogen (secondary N) is 2. The first-order chi connectivity index (χ1) is 17.3. The van der Waals surface area contributed by atoms with E-state index in [0.717, 1.165) is 0 Å². The van der Waals surface area contributed by atoms with E-state index < -0.39 is 11.0 Å². The number of carbonyl (C=O) groups excluding carboxylic acids is 1. The molecule has 1 amide bonds. The van der Waals surface area contributed by atoms with Gasteiger partial charge in [-0.3, -0.25) is 14.9 Å². The number of rotatable bonds is 5. The monoisotopic (exact) mass is 520 g/mol. The largest absolute Gasteiger partial charge is 0.328 e. The van der Waals surface area contributed by atoms with E-state index in [0.29, 0.717) is 39.1 Å². The Hall–Kier alpha value is -4.21. The molecule has 0 saturated heterocycles. The predicted molar refractivity (Wildman–Crippen MR) is 138 cm³/mol. The average Bonchev–Trinajstić information content (AvgIpc) is 3.29. The summed E-state index contributed by atoms with van der Waals surface area (Å²) in [4.78, 5) is 28.9. The van der Waals surface area contributed by atoms with E-state index in [4.69, 9.17) is 23.2 Å². The third-order valence-corrected chi connectivity index (χ3v) is 6.55. The molecule has 1 atom stereocenters. The number of nitro groups is 1. The average molecular weight is 521 g/mol. The second-order valence-corrected chi connectivity index (χ2v) is 8.83. The van der Waals surface area contributed by atoms with Crippen molar-refractivity contribution in [2.45, 2.75) is 13.0 Å². The third-order valence-electron chi connectivity index (χ3n) is 5.72. The summed E-state index contributed by atoms with van der Waals surface area (Å²) in [5.74, 6) is 0.249. The molecule has 1 aliphatic rings. The van der Waals surface area contributed by atoms with Crippen molar-refractivity contribution in [3.05, 3.63) is 110 Å². The topological polar surface area (TPSA) is 115 Å². The second-order valence-electron chi connectivity index (χ2n) is 8.04. The van der Waals surface area contributed by atoms with Crippen molar-refractivity contribution in [1.82, 2.24) is 14.8 Å². The molecule has 4 aromatic rings. The van der Waals surface area contributed by atoms with Gasteiger partial charge < -0.3 is 10.6 Å². The van der Waals surface area contributed by atoms with Gasteiger partial charge in [0.15, 0.2) is 5.82 Å². The van der Waals surface area contributed by atoms with Crippen LogP contribution in [0.5, 0.6) is 0 Å². The van der Waals surface area contributed by atoms with Crippen molar-refractivity contribution >= 4 is 46.4 Å². The lowest BCUT2D eigenvalue weighted by atomic mass is 9.95. The Labute approximate surface area is 215 Å². The molecule has 0 bridgehead atoms. The van der Waals surface area contributed by atoms with Gasteiger partial charge in [-0.2, -0.15) is 4.98 Å². The van der Waals surface area contributed by atoms with E-state index in [1.54, 1.807) is 54.1 Å². The van der Waals surface area contributed by atoms with Crippen LogP contribution in [0.25, 0.3) is 11.4 Å². The van der Waals surface area contributed by atoms with Crippen molar-refractivity contribution < 1.29 is 9.72 Å². The number of halogens is 2. The van der Waals surface area contributed by atoms with E-state index in [9.17, 15) is 14.9 Å². The number of amides is 1. The summed E-state index contributed by atoms with van der Waals surface area (Å²) in [6.45, 7) is 1.76. The summed E-state index contributed by atoms with van der Waals surface area (Å²) >= 11 is 12.9. The molecule has 1 unspecified atom stereocenters. The Morgan fingerprint density at radius 2 is 1.83 bits per heavy atom. The molecule has 5 rings (SSSR count). The van der Waals surface area contributed by atoms with Gasteiger partial charge in [-0.1, -0.05) is 65.7 Å². The molecule has 180 valence electrons. The molecule has 9 nitrogen and oxygen atoms in total. The summed E-state index contributed by atoms with van der Waals surface area (Å²) < 4.78 is 1.54. The van der Waals surface area contributed by atoms with Gasteiger partial charge >= 0.3 is 0 Å². The fourth-order valence-electron chi connectivity index (χ4n) is 4.07. The summed E-state index contributed by atoms with van der Waals surface area (Å²) in [7, 11) is 0. The predicted octanol–water partition coefficient (Wildman–Crippen LogP) is 6.09. The van der Waals surface area contributed by atoms with Crippen LogP contribution in [0.1, 0.15) is 18.5 Å². The molecule has 2 heterocycles. The smallest absolute Gasteiger partial charge is 0.270 e. The molecule has 0 spiro atoms. The highest BCUT2D eigenvalue weighted by Gasteiger charge is 2.36. The number of fused-ring (bicyclic) bond motifs is 1. The first kappa shape index (κ1) is 23.5. The van der Waals surface area contributed by atoms with Crippen LogP contribution in [-0.4, -0.2) is 25.6 Å². The van der Waals surface area contributed by atoms with Gasteiger partial charge in [0.1, 0.15) is 6.04 Å². The molecule has 1 aliphatic heterocycles. The Bertz CT molecular complexity index is 1530. The Balaban J connectivity index is 1.64. The van der Waals surface area contributed by atoms with Crippen LogP contribution in [0.3, 0.4) is 0 Å². The SMILES string of the molecule is CC1=C(C(=O)Nc2ccccc2)C(c2cccc(Cl)c2Cl)n2nc(-c3cccc([N+](=O)[O-])c3)nc2N1. The van der Waals surface area contributed by atoms with Gasteiger partial charge in [0.2, 0.25) is 5.95 Å². The van der Waals surface area contributed by atoms with Crippen LogP contribution in [0, 0.1) is 10.1 Å². The number of para-hydroxylation sites is 1. The number of hydrogen-bond donors (Lipinski definition) is 2. The molecule has 11 heteroatoms. The fraction of sp³-hybridized carbons (Fsp3) is 0.0800. The third kappa shape index (κ3) is 4.30. The number of hydrogen-bond acceptors (Lipinski definition) is 6. The van der Waals surface area contributed by atoms with Gasteiger partial charge in [-0.25, -0.2) is 4.68 Å². The maximum atomic E-state index is 13.5. The molecular weight excluding hydrogens is 503 g/mol. The maximum absolute atomic E-state index is 13.5. The van der Waals surface area contributed by atoms with Crippen LogP contribution < -0.4 is 10.6 Å². The Kier molecular flexibility index (Phi) is 6.17. The van der Waals surface area contributed by atoms with Gasteiger partial charge in [-0.15, -0.1) is 5.10 Å². The zero-order valence-electron chi connectivity index (χ0n) is 18.8. The van der Waals surface area contributed by atoms with Crippen LogP contribution in [0.2, 0.25) is 10.0 Å². The van der Waals surface area contributed by atoms with Crippen molar-refractivity contribution in [3.63, 3.8) is 0 Å². The van der Waals surface area contributed by atoms with Crippen LogP contribution >= 0.6 is 23.2 Å². The van der Waals surface area contributed by atoms with Crippen LogP contribution in [0.4, 0.5) is 17.3 Å². The first-order valence-corrected chi connectivity index (χ1v) is 11.6. The standard InChI is InChI=1S/C25H18Cl2N6O3/c1-14-20(24(34)29-16-8-3-2-4-9-16)22(18-11-6-12-19(26)21(18)27)32-25(28-14)30-23(31-32)15-7-5-10-17(13-15)33(35)36/h2-13,22H,1H3,(H,29,34)(H,28,30,31). The molecule has 0 radical (unpaired) electrons. The van der Waals surface area contributed by atoms with E-state index in [1.165, 1.54) is 12.1 Å². The number of nitrogens with zero attached hydrogens (tertiary/aromatic N) is 4. The fourth-order valence-corrected chi connectivity index (χ4v) is 4.48. The Morgan fingerprint density at radius 3 is 2.58 bits per heavy atom. The van der Waals surface area contributed by atoms with Gasteiger partial charge in [0.25, 0.3) is 11.6 Å². The Morgan fingerprint density at radius 1 is 1.08 bits per heavy atom. The maximum Gasteiger partial charge on any atom is 0.270 e. The van der Waals surface area contributed by atoms with Gasteiger partial charge in [0, 0.05) is 34.6 Å². The van der Waals surface area contributed by atoms with Crippen molar-refractivity contribution in [3.8, 4) is 11.4 Å². The second kappa shape index (κ2) is 9.44. The number of benzene rings is 3. The molecule has 36 heavy (non-hydrogen) atoms. The number of non-ortho nitro benzene ring substituents is 1. The van der Waals surface area contributed by atoms with Crippen molar-refractivity contribution in [2.75, 3.05) is 10.6 Å². The zero-order chi connectivity index (χ0) is 25.4.